The number of nitrogens with two attached hydrogens (primary N) is 1. The summed E-state index contributed by atoms with van der Waals surface area (Å²) in [5, 5.41) is 0. The summed E-state index contributed by atoms with van der Waals surface area (Å²) in [6.45, 7) is 9.87. The second kappa shape index (κ2) is 4.84. The molecule has 2 unspecified atom stereocenters. The van der Waals surface area contributed by atoms with Crippen molar-refractivity contribution in [1.82, 2.24) is 0 Å². The molecule has 1 saturated heterocycles. The maximum absolute atomic E-state index is 6.26. The van der Waals surface area contributed by atoms with Crippen molar-refractivity contribution in [2.45, 2.75) is 71.4 Å². The van der Waals surface area contributed by atoms with Gasteiger partial charge in [-0.1, -0.05) is 20.8 Å². The van der Waals surface area contributed by atoms with Crippen molar-refractivity contribution >= 4 is 0 Å². The molecule has 0 bridgehead atoms. The van der Waals surface area contributed by atoms with Crippen LogP contribution in [0.3, 0.4) is 0 Å². The van der Waals surface area contributed by atoms with E-state index in [1.165, 1.54) is 19.3 Å². The normalized spacial score (nSPS) is 30.2. The minimum absolute atomic E-state index is 0.0660. The van der Waals surface area contributed by atoms with E-state index in [0.29, 0.717) is 5.41 Å². The minimum atomic E-state index is -0.0660. The topological polar surface area (TPSA) is 35.2 Å². The Labute approximate surface area is 94.6 Å². The standard InChI is InChI=1S/C13H27NO/c1-12(2,3)9-7-11(14)13(4)8-5-6-10-15-13/h11H,5-10,14H2,1-4H3. The molecule has 1 heterocycles. The summed E-state index contributed by atoms with van der Waals surface area (Å²) < 4.78 is 5.87. The summed E-state index contributed by atoms with van der Waals surface area (Å²) in [4.78, 5) is 0. The first kappa shape index (κ1) is 13.0. The third-order valence-corrected chi connectivity index (χ3v) is 3.49. The highest BCUT2D eigenvalue weighted by Crippen LogP contribution is 2.31. The summed E-state index contributed by atoms with van der Waals surface area (Å²) >= 11 is 0. The van der Waals surface area contributed by atoms with Gasteiger partial charge in [0, 0.05) is 12.6 Å². The molecule has 15 heavy (non-hydrogen) atoms. The summed E-state index contributed by atoms with van der Waals surface area (Å²) in [6.07, 6.45) is 5.83. The highest BCUT2D eigenvalue weighted by molar-refractivity contribution is 4.89. The Bertz CT molecular complexity index is 189. The lowest BCUT2D eigenvalue weighted by Crippen LogP contribution is -2.49. The monoisotopic (exact) mass is 213 g/mol. The smallest absolute Gasteiger partial charge is 0.0804 e. The van der Waals surface area contributed by atoms with Crippen molar-refractivity contribution in [1.29, 1.82) is 0 Å². The van der Waals surface area contributed by atoms with Crippen LogP contribution in [0.5, 0.6) is 0 Å². The lowest BCUT2D eigenvalue weighted by Gasteiger charge is -2.39. The van der Waals surface area contributed by atoms with E-state index in [9.17, 15) is 0 Å². The number of hydrogen-bond acceptors (Lipinski definition) is 2. The molecule has 0 saturated carbocycles. The average Bonchev–Trinajstić information content (AvgIpc) is 2.14. The zero-order chi connectivity index (χ0) is 11.5. The minimum Gasteiger partial charge on any atom is -0.374 e. The van der Waals surface area contributed by atoms with Gasteiger partial charge in [0.25, 0.3) is 0 Å². The van der Waals surface area contributed by atoms with E-state index >= 15 is 0 Å². The first-order chi connectivity index (χ1) is 6.83. The maximum atomic E-state index is 6.26. The molecule has 90 valence electrons. The van der Waals surface area contributed by atoms with Crippen molar-refractivity contribution in [3.8, 4) is 0 Å². The van der Waals surface area contributed by atoms with E-state index in [4.69, 9.17) is 10.5 Å². The van der Waals surface area contributed by atoms with Gasteiger partial charge in [-0.25, -0.2) is 0 Å². The molecule has 0 aliphatic carbocycles. The van der Waals surface area contributed by atoms with Crippen LogP contribution in [0.1, 0.15) is 59.8 Å². The Hall–Kier alpha value is -0.0800. The molecule has 2 heteroatoms. The number of ether oxygens (including phenoxy) is 1. The SMILES string of the molecule is CC(C)(C)CCC(N)C1(C)CCCCO1. The van der Waals surface area contributed by atoms with Gasteiger partial charge >= 0.3 is 0 Å². The first-order valence-electron chi connectivity index (χ1n) is 6.23. The van der Waals surface area contributed by atoms with E-state index in [0.717, 1.165) is 19.4 Å². The van der Waals surface area contributed by atoms with Crippen molar-refractivity contribution in [2.24, 2.45) is 11.1 Å². The molecule has 0 amide bonds. The third-order valence-electron chi connectivity index (χ3n) is 3.49. The lowest BCUT2D eigenvalue weighted by atomic mass is 9.81. The second-order valence-corrected chi connectivity index (χ2v) is 6.32. The molecule has 1 aliphatic rings. The molecule has 2 N–H and O–H groups in total. The molecule has 1 aliphatic heterocycles. The summed E-state index contributed by atoms with van der Waals surface area (Å²) in [6, 6.07) is 0.192. The zero-order valence-electron chi connectivity index (χ0n) is 10.8. The van der Waals surface area contributed by atoms with E-state index in [-0.39, 0.29) is 11.6 Å². The molecule has 1 rings (SSSR count). The Balaban J connectivity index is 2.41. The van der Waals surface area contributed by atoms with Gasteiger partial charge in [0.2, 0.25) is 0 Å². The molecule has 2 atom stereocenters. The van der Waals surface area contributed by atoms with Crippen LogP contribution in [0.2, 0.25) is 0 Å². The van der Waals surface area contributed by atoms with Crippen LogP contribution >= 0.6 is 0 Å². The van der Waals surface area contributed by atoms with Crippen LogP contribution in [0.4, 0.5) is 0 Å². The molecular weight excluding hydrogens is 186 g/mol. The van der Waals surface area contributed by atoms with Crippen LogP contribution in [-0.4, -0.2) is 18.2 Å². The Kier molecular flexibility index (Phi) is 4.19. The van der Waals surface area contributed by atoms with Gasteiger partial charge in [0.1, 0.15) is 0 Å². The van der Waals surface area contributed by atoms with Crippen molar-refractivity contribution in [3.63, 3.8) is 0 Å². The molecule has 0 radical (unpaired) electrons. The molecule has 0 aromatic carbocycles. The Morgan fingerprint density at radius 1 is 1.33 bits per heavy atom. The van der Waals surface area contributed by atoms with Gasteiger partial charge in [0.05, 0.1) is 5.60 Å². The van der Waals surface area contributed by atoms with E-state index in [1.54, 1.807) is 0 Å². The Morgan fingerprint density at radius 2 is 2.00 bits per heavy atom. The predicted molar refractivity (Wildman–Crippen MR) is 64.9 cm³/mol. The molecule has 1 fully saturated rings. The summed E-state index contributed by atoms with van der Waals surface area (Å²) in [5.41, 5.74) is 6.58. The van der Waals surface area contributed by atoms with Gasteiger partial charge in [-0.05, 0) is 44.4 Å². The van der Waals surface area contributed by atoms with Crippen LogP contribution in [0.15, 0.2) is 0 Å². The Morgan fingerprint density at radius 3 is 2.47 bits per heavy atom. The summed E-state index contributed by atoms with van der Waals surface area (Å²) in [7, 11) is 0. The largest absolute Gasteiger partial charge is 0.374 e. The molecule has 0 aromatic heterocycles. The molecular formula is C13H27NO. The average molecular weight is 213 g/mol. The van der Waals surface area contributed by atoms with Crippen LogP contribution in [0.25, 0.3) is 0 Å². The van der Waals surface area contributed by atoms with Gasteiger partial charge < -0.3 is 10.5 Å². The lowest BCUT2D eigenvalue weighted by molar-refractivity contribution is -0.0836. The fraction of sp³-hybridized carbons (Fsp3) is 1.00. The van der Waals surface area contributed by atoms with Gasteiger partial charge in [-0.3, -0.25) is 0 Å². The van der Waals surface area contributed by atoms with E-state index in [2.05, 4.69) is 27.7 Å². The van der Waals surface area contributed by atoms with Crippen molar-refractivity contribution in [3.05, 3.63) is 0 Å². The number of hydrogen-bond donors (Lipinski definition) is 1. The summed E-state index contributed by atoms with van der Waals surface area (Å²) in [5.74, 6) is 0. The fourth-order valence-electron chi connectivity index (χ4n) is 2.14. The van der Waals surface area contributed by atoms with Gasteiger partial charge in [0.15, 0.2) is 0 Å². The molecule has 2 nitrogen and oxygen atoms in total. The predicted octanol–water partition coefficient (Wildman–Crippen LogP) is 3.10. The first-order valence-corrected chi connectivity index (χ1v) is 6.23. The van der Waals surface area contributed by atoms with E-state index < -0.39 is 0 Å². The molecule has 0 aromatic rings. The maximum Gasteiger partial charge on any atom is 0.0804 e. The van der Waals surface area contributed by atoms with Crippen molar-refractivity contribution < 1.29 is 4.74 Å². The van der Waals surface area contributed by atoms with Crippen LogP contribution < -0.4 is 5.73 Å². The highest BCUT2D eigenvalue weighted by Gasteiger charge is 2.34. The van der Waals surface area contributed by atoms with Gasteiger partial charge in [-0.2, -0.15) is 0 Å². The zero-order valence-corrected chi connectivity index (χ0v) is 10.8. The van der Waals surface area contributed by atoms with Gasteiger partial charge in [-0.15, -0.1) is 0 Å². The third kappa shape index (κ3) is 4.12. The number of rotatable bonds is 3. The van der Waals surface area contributed by atoms with Crippen molar-refractivity contribution in [2.75, 3.05) is 6.61 Å². The second-order valence-electron chi connectivity index (χ2n) is 6.32. The fourth-order valence-corrected chi connectivity index (χ4v) is 2.14. The van der Waals surface area contributed by atoms with Crippen LogP contribution in [0, 0.1) is 5.41 Å². The van der Waals surface area contributed by atoms with Crippen LogP contribution in [-0.2, 0) is 4.74 Å². The molecule has 0 spiro atoms. The quantitative estimate of drug-likeness (QED) is 0.782. The van der Waals surface area contributed by atoms with E-state index in [1.807, 2.05) is 0 Å². The highest BCUT2D eigenvalue weighted by atomic mass is 16.5.